The quantitative estimate of drug-likeness (QED) is 0.682. The number of carbonyl (C=O) groups is 1. The third kappa shape index (κ3) is 4.01. The highest BCUT2D eigenvalue weighted by molar-refractivity contribution is 5.94. The molecule has 0 spiro atoms. The van der Waals surface area contributed by atoms with Gasteiger partial charge in [0, 0.05) is 37.9 Å². The van der Waals surface area contributed by atoms with Crippen molar-refractivity contribution in [2.45, 2.75) is 13.2 Å². The van der Waals surface area contributed by atoms with Crippen LogP contribution in [0.3, 0.4) is 0 Å². The van der Waals surface area contributed by atoms with Gasteiger partial charge in [0.2, 0.25) is 0 Å². The fourth-order valence-corrected chi connectivity index (χ4v) is 3.48. The lowest BCUT2D eigenvalue weighted by Gasteiger charge is -2.21. The van der Waals surface area contributed by atoms with Crippen molar-refractivity contribution >= 4 is 11.6 Å². The summed E-state index contributed by atoms with van der Waals surface area (Å²) in [7, 11) is 2.08. The molecule has 1 aliphatic heterocycles. The molecule has 0 aromatic heterocycles. The van der Waals surface area contributed by atoms with Crippen LogP contribution in [0.15, 0.2) is 78.9 Å². The van der Waals surface area contributed by atoms with E-state index in [0.29, 0.717) is 25.3 Å². The summed E-state index contributed by atoms with van der Waals surface area (Å²) in [5, 5.41) is 0. The van der Waals surface area contributed by atoms with Gasteiger partial charge in [-0.2, -0.15) is 0 Å². The summed E-state index contributed by atoms with van der Waals surface area (Å²) in [4.78, 5) is 17.2. The first-order valence-corrected chi connectivity index (χ1v) is 9.56. The maximum absolute atomic E-state index is 13.0. The highest BCUT2D eigenvalue weighted by Crippen LogP contribution is 2.24. The van der Waals surface area contributed by atoms with Crippen LogP contribution in [0.1, 0.15) is 21.5 Å². The van der Waals surface area contributed by atoms with Gasteiger partial charge in [-0.3, -0.25) is 4.79 Å². The Hall–Kier alpha value is -3.27. The number of para-hydroxylation sites is 2. The average Bonchev–Trinajstić information content (AvgIpc) is 2.92. The van der Waals surface area contributed by atoms with Gasteiger partial charge in [0.25, 0.3) is 5.91 Å². The molecule has 0 atom stereocenters. The van der Waals surface area contributed by atoms with E-state index in [-0.39, 0.29) is 5.91 Å². The van der Waals surface area contributed by atoms with Gasteiger partial charge in [-0.05, 0) is 41.5 Å². The number of carbonyl (C=O) groups excluding carboxylic acids is 1. The van der Waals surface area contributed by atoms with Crippen LogP contribution >= 0.6 is 0 Å². The van der Waals surface area contributed by atoms with Crippen LogP contribution in [0.5, 0.6) is 5.75 Å². The second-order valence-electron chi connectivity index (χ2n) is 7.08. The molecule has 1 aliphatic rings. The average molecular weight is 372 g/mol. The van der Waals surface area contributed by atoms with E-state index in [2.05, 4.69) is 24.1 Å². The summed E-state index contributed by atoms with van der Waals surface area (Å²) < 4.78 is 5.78. The van der Waals surface area contributed by atoms with Gasteiger partial charge in [-0.1, -0.05) is 48.5 Å². The molecule has 1 heterocycles. The molecule has 0 fully saturated rings. The molecule has 0 N–H and O–H groups in total. The standard InChI is InChI=1S/C24H24N2O2/c1-25-15-16-26(17-21-7-5-6-10-23(21)25)24(27)20-13-11-19(12-14-20)18-28-22-8-3-2-4-9-22/h2-14H,15-18H2,1H3. The van der Waals surface area contributed by atoms with Gasteiger partial charge in [0.1, 0.15) is 12.4 Å². The Kier molecular flexibility index (Phi) is 5.29. The number of amides is 1. The van der Waals surface area contributed by atoms with Gasteiger partial charge in [-0.15, -0.1) is 0 Å². The van der Waals surface area contributed by atoms with E-state index in [1.54, 1.807) is 0 Å². The third-order valence-corrected chi connectivity index (χ3v) is 5.11. The molecule has 3 aromatic rings. The Morgan fingerprint density at radius 1 is 0.893 bits per heavy atom. The Labute approximate surface area is 166 Å². The Bertz CT molecular complexity index is 938. The molecular weight excluding hydrogens is 348 g/mol. The predicted molar refractivity (Wildman–Crippen MR) is 112 cm³/mol. The maximum Gasteiger partial charge on any atom is 0.254 e. The highest BCUT2D eigenvalue weighted by Gasteiger charge is 2.22. The first kappa shape index (κ1) is 18.1. The van der Waals surface area contributed by atoms with Gasteiger partial charge < -0.3 is 14.5 Å². The number of hydrogen-bond donors (Lipinski definition) is 0. The Morgan fingerprint density at radius 3 is 2.39 bits per heavy atom. The molecule has 4 nitrogen and oxygen atoms in total. The predicted octanol–water partition coefficient (Wildman–Crippen LogP) is 4.36. The topological polar surface area (TPSA) is 32.8 Å². The van der Waals surface area contributed by atoms with E-state index in [0.717, 1.165) is 17.9 Å². The van der Waals surface area contributed by atoms with Crippen LogP contribution in [0.4, 0.5) is 5.69 Å². The summed E-state index contributed by atoms with van der Waals surface area (Å²) in [6.45, 7) is 2.66. The normalized spacial score (nSPS) is 13.6. The number of hydrogen-bond acceptors (Lipinski definition) is 3. The lowest BCUT2D eigenvalue weighted by Crippen LogP contribution is -2.34. The summed E-state index contributed by atoms with van der Waals surface area (Å²) >= 11 is 0. The Balaban J connectivity index is 1.43. The molecule has 0 saturated heterocycles. The molecule has 0 saturated carbocycles. The minimum atomic E-state index is 0.0700. The van der Waals surface area contributed by atoms with E-state index < -0.39 is 0 Å². The van der Waals surface area contributed by atoms with E-state index in [1.807, 2.05) is 71.6 Å². The van der Waals surface area contributed by atoms with Crippen LogP contribution in [0.2, 0.25) is 0 Å². The minimum absolute atomic E-state index is 0.0700. The zero-order valence-electron chi connectivity index (χ0n) is 16.0. The number of benzene rings is 3. The van der Waals surface area contributed by atoms with Crippen molar-refractivity contribution in [3.05, 3.63) is 95.6 Å². The number of likely N-dealkylation sites (N-methyl/N-ethyl adjacent to an activating group) is 1. The molecule has 3 aromatic carbocycles. The summed E-state index contributed by atoms with van der Waals surface area (Å²) in [5.41, 5.74) is 4.14. The smallest absolute Gasteiger partial charge is 0.254 e. The zero-order valence-corrected chi connectivity index (χ0v) is 16.0. The van der Waals surface area contributed by atoms with Crippen molar-refractivity contribution in [3.8, 4) is 5.75 Å². The lowest BCUT2D eigenvalue weighted by molar-refractivity contribution is 0.0751. The van der Waals surface area contributed by atoms with Crippen LogP contribution < -0.4 is 9.64 Å². The number of ether oxygens (including phenoxy) is 1. The van der Waals surface area contributed by atoms with Crippen molar-refractivity contribution in [2.24, 2.45) is 0 Å². The van der Waals surface area contributed by atoms with Crippen LogP contribution in [0, 0.1) is 0 Å². The molecule has 1 amide bonds. The SMILES string of the molecule is CN1CCN(C(=O)c2ccc(COc3ccccc3)cc2)Cc2ccccc21. The molecule has 4 rings (SSSR count). The number of nitrogens with zero attached hydrogens (tertiary/aromatic N) is 2. The molecule has 0 bridgehead atoms. The molecule has 0 unspecified atom stereocenters. The minimum Gasteiger partial charge on any atom is -0.489 e. The second-order valence-corrected chi connectivity index (χ2v) is 7.08. The Morgan fingerprint density at radius 2 is 1.61 bits per heavy atom. The maximum atomic E-state index is 13.0. The van der Waals surface area contributed by atoms with E-state index in [1.165, 1.54) is 11.3 Å². The van der Waals surface area contributed by atoms with E-state index >= 15 is 0 Å². The van der Waals surface area contributed by atoms with E-state index in [9.17, 15) is 4.79 Å². The first-order chi connectivity index (χ1) is 13.7. The monoisotopic (exact) mass is 372 g/mol. The fraction of sp³-hybridized carbons (Fsp3) is 0.208. The van der Waals surface area contributed by atoms with Crippen LogP contribution in [-0.4, -0.2) is 30.9 Å². The molecule has 0 aliphatic carbocycles. The highest BCUT2D eigenvalue weighted by atomic mass is 16.5. The second kappa shape index (κ2) is 8.17. The summed E-state index contributed by atoms with van der Waals surface area (Å²) in [6, 6.07) is 25.8. The third-order valence-electron chi connectivity index (χ3n) is 5.11. The molecule has 4 heteroatoms. The fourth-order valence-electron chi connectivity index (χ4n) is 3.48. The molecule has 28 heavy (non-hydrogen) atoms. The number of rotatable bonds is 4. The summed E-state index contributed by atoms with van der Waals surface area (Å²) in [6.07, 6.45) is 0. The zero-order chi connectivity index (χ0) is 19.3. The van der Waals surface area contributed by atoms with E-state index in [4.69, 9.17) is 4.74 Å². The number of anilines is 1. The lowest BCUT2D eigenvalue weighted by atomic mass is 10.1. The van der Waals surface area contributed by atoms with Crippen LogP contribution in [-0.2, 0) is 13.2 Å². The largest absolute Gasteiger partial charge is 0.489 e. The molecule has 0 radical (unpaired) electrons. The van der Waals surface area contributed by atoms with Crippen molar-refractivity contribution in [3.63, 3.8) is 0 Å². The summed E-state index contributed by atoms with van der Waals surface area (Å²) in [5.74, 6) is 0.913. The van der Waals surface area contributed by atoms with Crippen molar-refractivity contribution < 1.29 is 9.53 Å². The molecular formula is C24H24N2O2. The van der Waals surface area contributed by atoms with Crippen LogP contribution in [0.25, 0.3) is 0 Å². The van der Waals surface area contributed by atoms with Crippen molar-refractivity contribution in [2.75, 3.05) is 25.0 Å². The van der Waals surface area contributed by atoms with Crippen molar-refractivity contribution in [1.82, 2.24) is 4.90 Å². The number of fused-ring (bicyclic) bond motifs is 1. The van der Waals surface area contributed by atoms with Gasteiger partial charge in [0.15, 0.2) is 0 Å². The first-order valence-electron chi connectivity index (χ1n) is 9.56. The van der Waals surface area contributed by atoms with Gasteiger partial charge in [0.05, 0.1) is 0 Å². The van der Waals surface area contributed by atoms with Gasteiger partial charge >= 0.3 is 0 Å². The molecule has 142 valence electrons. The van der Waals surface area contributed by atoms with Gasteiger partial charge in [-0.25, -0.2) is 0 Å². The van der Waals surface area contributed by atoms with Crippen molar-refractivity contribution in [1.29, 1.82) is 0 Å².